The second-order valence-corrected chi connectivity index (χ2v) is 4.71. The first-order valence-corrected chi connectivity index (χ1v) is 6.27. The van der Waals surface area contributed by atoms with Crippen LogP contribution in [0.15, 0.2) is 29.6 Å². The highest BCUT2D eigenvalue weighted by Gasteiger charge is 2.20. The van der Waals surface area contributed by atoms with Crippen LogP contribution in [0, 0.1) is 5.92 Å². The highest BCUT2D eigenvalue weighted by Crippen LogP contribution is 2.28. The summed E-state index contributed by atoms with van der Waals surface area (Å²) in [4.78, 5) is 12.1. The molecule has 0 radical (unpaired) electrons. The summed E-state index contributed by atoms with van der Waals surface area (Å²) in [5, 5.41) is 12.0. The number of Topliss-reactive ketones (excluding diaryl/α,β-unsaturated/α-hetero) is 1. The minimum Gasteiger partial charge on any atom is -0.396 e. The van der Waals surface area contributed by atoms with E-state index < -0.39 is 0 Å². The second-order valence-electron chi connectivity index (χ2n) is 3.80. The van der Waals surface area contributed by atoms with Gasteiger partial charge in [-0.25, -0.2) is 0 Å². The number of carbonyl (C=O) groups excluding carboxylic acids is 1. The molecule has 1 atom stereocenters. The van der Waals surface area contributed by atoms with Crippen molar-refractivity contribution in [3.8, 4) is 0 Å². The molecule has 0 saturated carbocycles. The fourth-order valence-corrected chi connectivity index (χ4v) is 2.74. The Labute approximate surface area is 98.5 Å². The predicted molar refractivity (Wildman–Crippen MR) is 67.0 cm³/mol. The Bertz CT molecular complexity index is 497. The smallest absolute Gasteiger partial charge is 0.169 e. The lowest BCUT2D eigenvalue weighted by Crippen LogP contribution is -2.17. The van der Waals surface area contributed by atoms with Crippen LogP contribution in [0.3, 0.4) is 0 Å². The molecule has 1 unspecified atom stereocenters. The first-order valence-electron chi connectivity index (χ1n) is 5.39. The van der Waals surface area contributed by atoms with Gasteiger partial charge in [0.25, 0.3) is 0 Å². The molecule has 84 valence electrons. The average Bonchev–Trinajstić information content (AvgIpc) is 2.74. The zero-order valence-electron chi connectivity index (χ0n) is 9.14. The third kappa shape index (κ3) is 1.88. The van der Waals surface area contributed by atoms with Crippen LogP contribution in [0.5, 0.6) is 0 Å². The van der Waals surface area contributed by atoms with E-state index in [2.05, 4.69) is 0 Å². The van der Waals surface area contributed by atoms with Crippen molar-refractivity contribution in [1.82, 2.24) is 0 Å². The fraction of sp³-hybridized carbons (Fsp3) is 0.308. The molecule has 1 aromatic heterocycles. The van der Waals surface area contributed by atoms with E-state index in [1.54, 1.807) is 11.3 Å². The van der Waals surface area contributed by atoms with Crippen molar-refractivity contribution in [1.29, 1.82) is 0 Å². The van der Waals surface area contributed by atoms with Crippen LogP contribution in [0.1, 0.15) is 23.7 Å². The predicted octanol–water partition coefficient (Wildman–Crippen LogP) is 3.10. The summed E-state index contributed by atoms with van der Waals surface area (Å²) in [5.74, 6) is -0.208. The van der Waals surface area contributed by atoms with Gasteiger partial charge in [0.15, 0.2) is 5.78 Å². The molecule has 0 aliphatic rings. The van der Waals surface area contributed by atoms with Crippen molar-refractivity contribution in [3.05, 3.63) is 35.2 Å². The largest absolute Gasteiger partial charge is 0.396 e. The molecular weight excluding hydrogens is 220 g/mol. The first kappa shape index (κ1) is 11.3. The van der Waals surface area contributed by atoms with Gasteiger partial charge in [-0.15, -0.1) is 11.3 Å². The molecule has 0 spiro atoms. The number of rotatable bonds is 4. The Balaban J connectivity index is 2.43. The lowest BCUT2D eigenvalue weighted by Gasteiger charge is -2.09. The van der Waals surface area contributed by atoms with E-state index in [0.29, 0.717) is 6.42 Å². The number of hydrogen-bond acceptors (Lipinski definition) is 3. The van der Waals surface area contributed by atoms with Crippen LogP contribution < -0.4 is 0 Å². The quantitative estimate of drug-likeness (QED) is 0.825. The van der Waals surface area contributed by atoms with E-state index in [-0.39, 0.29) is 18.3 Å². The molecule has 0 bridgehead atoms. The molecule has 1 heterocycles. The first-order chi connectivity index (χ1) is 7.77. The van der Waals surface area contributed by atoms with E-state index in [1.165, 1.54) is 0 Å². The number of carbonyl (C=O) groups is 1. The van der Waals surface area contributed by atoms with Gasteiger partial charge in [-0.2, -0.15) is 0 Å². The number of aliphatic hydroxyl groups is 1. The molecule has 2 aromatic rings. The molecule has 0 fully saturated rings. The summed E-state index contributed by atoms with van der Waals surface area (Å²) in [6, 6.07) is 7.88. The van der Waals surface area contributed by atoms with Gasteiger partial charge in [0, 0.05) is 26.9 Å². The summed E-state index contributed by atoms with van der Waals surface area (Å²) in [6.45, 7) is 1.85. The molecule has 0 amide bonds. The third-order valence-corrected chi connectivity index (χ3v) is 3.79. The summed E-state index contributed by atoms with van der Waals surface area (Å²) in [6.07, 6.45) is 0.680. The number of hydrogen-bond donors (Lipinski definition) is 1. The van der Waals surface area contributed by atoms with Crippen LogP contribution >= 0.6 is 11.3 Å². The Morgan fingerprint density at radius 2 is 2.19 bits per heavy atom. The van der Waals surface area contributed by atoms with Gasteiger partial charge >= 0.3 is 0 Å². The van der Waals surface area contributed by atoms with Gasteiger partial charge in [-0.3, -0.25) is 4.79 Å². The topological polar surface area (TPSA) is 37.3 Å². The number of fused-ring (bicyclic) bond motifs is 1. The zero-order valence-corrected chi connectivity index (χ0v) is 9.96. The monoisotopic (exact) mass is 234 g/mol. The average molecular weight is 234 g/mol. The van der Waals surface area contributed by atoms with Gasteiger partial charge in [0.2, 0.25) is 0 Å². The van der Waals surface area contributed by atoms with E-state index in [4.69, 9.17) is 5.11 Å². The van der Waals surface area contributed by atoms with Gasteiger partial charge in [-0.05, 0) is 12.5 Å². The van der Waals surface area contributed by atoms with Crippen molar-refractivity contribution >= 4 is 27.2 Å². The molecule has 2 rings (SSSR count). The molecule has 3 heteroatoms. The van der Waals surface area contributed by atoms with Gasteiger partial charge in [0.1, 0.15) is 0 Å². The molecule has 0 saturated heterocycles. The summed E-state index contributed by atoms with van der Waals surface area (Å²) in [5.41, 5.74) is 0.751. The lowest BCUT2D eigenvalue weighted by atomic mass is 9.96. The summed E-state index contributed by atoms with van der Waals surface area (Å²) >= 11 is 1.58. The number of ketones is 1. The van der Waals surface area contributed by atoms with Crippen molar-refractivity contribution in [2.75, 3.05) is 6.61 Å². The molecular formula is C13H14O2S. The highest BCUT2D eigenvalue weighted by molar-refractivity contribution is 7.17. The lowest BCUT2D eigenvalue weighted by molar-refractivity contribution is 0.0858. The minimum absolute atomic E-state index is 0.0578. The molecule has 2 nitrogen and oxygen atoms in total. The van der Waals surface area contributed by atoms with Crippen LogP contribution in [-0.2, 0) is 0 Å². The summed E-state index contributed by atoms with van der Waals surface area (Å²) < 4.78 is 1.12. The van der Waals surface area contributed by atoms with Crippen LogP contribution in [0.2, 0.25) is 0 Å². The van der Waals surface area contributed by atoms with Crippen molar-refractivity contribution < 1.29 is 9.90 Å². The maximum atomic E-state index is 12.1. The maximum absolute atomic E-state index is 12.1. The van der Waals surface area contributed by atoms with Crippen LogP contribution in [0.4, 0.5) is 0 Å². The Kier molecular flexibility index (Phi) is 3.36. The van der Waals surface area contributed by atoms with E-state index >= 15 is 0 Å². The van der Waals surface area contributed by atoms with Crippen LogP contribution in [0.25, 0.3) is 10.1 Å². The molecule has 16 heavy (non-hydrogen) atoms. The van der Waals surface area contributed by atoms with Gasteiger partial charge < -0.3 is 5.11 Å². The van der Waals surface area contributed by atoms with Crippen molar-refractivity contribution in [2.45, 2.75) is 13.3 Å². The molecule has 1 N–H and O–H groups in total. The minimum atomic E-state index is -0.266. The number of thiophene rings is 1. The highest BCUT2D eigenvalue weighted by atomic mass is 32.1. The van der Waals surface area contributed by atoms with E-state index in [0.717, 1.165) is 15.6 Å². The molecule has 0 aliphatic heterocycles. The SMILES string of the molecule is CCC(CO)C(=O)c1csc2ccccc12. The Morgan fingerprint density at radius 1 is 1.44 bits per heavy atom. The number of benzene rings is 1. The van der Waals surface area contributed by atoms with Gasteiger partial charge in [0.05, 0.1) is 6.61 Å². The zero-order chi connectivity index (χ0) is 11.5. The molecule has 0 aliphatic carbocycles. The standard InChI is InChI=1S/C13H14O2S/c1-2-9(7-14)13(15)11-8-16-12-6-4-3-5-10(11)12/h3-6,8-9,14H,2,7H2,1H3. The summed E-state index contributed by atoms with van der Waals surface area (Å²) in [7, 11) is 0. The van der Waals surface area contributed by atoms with Crippen molar-refractivity contribution in [3.63, 3.8) is 0 Å². The second kappa shape index (κ2) is 4.76. The van der Waals surface area contributed by atoms with Crippen molar-refractivity contribution in [2.24, 2.45) is 5.92 Å². The fourth-order valence-electron chi connectivity index (χ4n) is 1.79. The Morgan fingerprint density at radius 3 is 2.88 bits per heavy atom. The third-order valence-electron chi connectivity index (χ3n) is 2.83. The van der Waals surface area contributed by atoms with Crippen LogP contribution in [-0.4, -0.2) is 17.5 Å². The van der Waals surface area contributed by atoms with E-state index in [1.807, 2.05) is 36.6 Å². The maximum Gasteiger partial charge on any atom is 0.169 e. The molecule has 1 aromatic carbocycles. The number of aliphatic hydroxyl groups excluding tert-OH is 1. The Hall–Kier alpha value is -1.19. The van der Waals surface area contributed by atoms with Gasteiger partial charge in [-0.1, -0.05) is 25.1 Å². The normalized spacial score (nSPS) is 12.9. The van der Waals surface area contributed by atoms with E-state index in [9.17, 15) is 4.79 Å².